The number of aliphatic hydroxyl groups is 3. The summed E-state index contributed by atoms with van der Waals surface area (Å²) in [4.78, 5) is 45.5. The Kier molecular flexibility index (Phi) is 7.28. The van der Waals surface area contributed by atoms with Crippen molar-refractivity contribution in [1.82, 2.24) is 9.96 Å². The van der Waals surface area contributed by atoms with Crippen molar-refractivity contribution in [3.8, 4) is 5.75 Å². The highest BCUT2D eigenvalue weighted by Crippen LogP contribution is 2.52. The maximum atomic E-state index is 13.8. The number of carbonyl (C=O) groups is 3. The minimum absolute atomic E-state index is 0. The van der Waals surface area contributed by atoms with Crippen LogP contribution in [0, 0.1) is 11.8 Å². The Morgan fingerprint density at radius 1 is 1.19 bits per heavy atom. The fourth-order valence-corrected chi connectivity index (χ4v) is 5.76. The number of carbonyl (C=O) groups excluding carboxylic acids is 3. The Bertz CT molecular complexity index is 1210. The van der Waals surface area contributed by atoms with E-state index in [1.54, 1.807) is 32.3 Å². The van der Waals surface area contributed by atoms with Crippen LogP contribution in [0.25, 0.3) is 5.76 Å². The number of aliphatic hydroxyl groups excluding tert-OH is 2. The highest BCUT2D eigenvalue weighted by molar-refractivity contribution is 6.24. The van der Waals surface area contributed by atoms with Gasteiger partial charge >= 0.3 is 0 Å². The Balaban J connectivity index is 0.00000361. The third-order valence-corrected chi connectivity index (χ3v) is 7.41. The molecule has 11 nitrogen and oxygen atoms in total. The molecule has 4 atom stereocenters. The highest BCUT2D eigenvalue weighted by Gasteiger charge is 2.64. The fraction of sp³-hybridized carbons (Fsp3) is 0.458. The molecule has 6 N–H and O–H groups in total. The first-order valence-corrected chi connectivity index (χ1v) is 11.1. The summed E-state index contributed by atoms with van der Waals surface area (Å²) >= 11 is 0. The van der Waals surface area contributed by atoms with Gasteiger partial charge in [0.05, 0.1) is 18.7 Å². The number of Topliss-reactive ketones (excluding diaryl/α,β-unsaturated/α-hetero) is 2. The van der Waals surface area contributed by atoms with E-state index < -0.39 is 58.0 Å². The normalized spacial score (nSPS) is 27.6. The molecule has 1 aromatic rings. The fourth-order valence-electron chi connectivity index (χ4n) is 5.76. The van der Waals surface area contributed by atoms with Crippen molar-refractivity contribution >= 4 is 35.6 Å². The number of benzene rings is 1. The SMILES string of the molecule is CON(C)Cc1ccc(O)c2c1C[C@H]1C[C@@H]3C(N(C)C)C(=O)C(C(N)=O)=C(O)[C@@]3(O)C(=O)C1=C2O.Cl. The quantitative estimate of drug-likeness (QED) is 0.268. The minimum atomic E-state index is -2.64. The number of rotatable bonds is 5. The lowest BCUT2D eigenvalue weighted by molar-refractivity contribution is -0.153. The van der Waals surface area contributed by atoms with Crippen molar-refractivity contribution in [2.75, 3.05) is 28.3 Å². The lowest BCUT2D eigenvalue weighted by Crippen LogP contribution is -2.65. The summed E-state index contributed by atoms with van der Waals surface area (Å²) in [7, 11) is 6.34. The number of nitrogens with zero attached hydrogens (tertiary/aromatic N) is 2. The largest absolute Gasteiger partial charge is 0.508 e. The van der Waals surface area contributed by atoms with Gasteiger partial charge in [0.15, 0.2) is 11.4 Å². The van der Waals surface area contributed by atoms with Gasteiger partial charge in [-0.25, -0.2) is 0 Å². The van der Waals surface area contributed by atoms with Gasteiger partial charge in [0.25, 0.3) is 5.91 Å². The molecule has 1 fully saturated rings. The number of nitrogens with two attached hydrogens (primary N) is 1. The topological polar surface area (TPSA) is 174 Å². The van der Waals surface area contributed by atoms with E-state index in [-0.39, 0.29) is 42.1 Å². The van der Waals surface area contributed by atoms with E-state index >= 15 is 0 Å². The van der Waals surface area contributed by atoms with E-state index in [0.29, 0.717) is 12.1 Å². The molecule has 0 spiro atoms. The first kappa shape index (κ1) is 27.6. The predicted molar refractivity (Wildman–Crippen MR) is 130 cm³/mol. The molecule has 0 saturated heterocycles. The third kappa shape index (κ3) is 3.78. The minimum Gasteiger partial charge on any atom is -0.508 e. The van der Waals surface area contributed by atoms with Gasteiger partial charge in [-0.3, -0.25) is 19.3 Å². The van der Waals surface area contributed by atoms with Gasteiger partial charge in [0.2, 0.25) is 5.78 Å². The first-order chi connectivity index (χ1) is 16.4. The molecule has 36 heavy (non-hydrogen) atoms. The zero-order valence-corrected chi connectivity index (χ0v) is 21.1. The van der Waals surface area contributed by atoms with Crippen molar-refractivity contribution in [3.63, 3.8) is 0 Å². The smallest absolute Gasteiger partial charge is 0.255 e. The molecular formula is C24H30ClN3O8. The number of halogens is 1. The molecule has 4 rings (SSSR count). The molecule has 3 aliphatic rings. The molecule has 1 amide bonds. The van der Waals surface area contributed by atoms with Crippen LogP contribution in [-0.4, -0.2) is 87.8 Å². The molecule has 0 heterocycles. The number of aromatic hydroxyl groups is 1. The van der Waals surface area contributed by atoms with Gasteiger partial charge in [-0.15, -0.1) is 12.4 Å². The summed E-state index contributed by atoms with van der Waals surface area (Å²) in [6.45, 7) is 0.333. The average molecular weight is 524 g/mol. The number of ketones is 2. The van der Waals surface area contributed by atoms with Crippen LogP contribution in [0.4, 0.5) is 0 Å². The third-order valence-electron chi connectivity index (χ3n) is 7.41. The second-order valence-corrected chi connectivity index (χ2v) is 9.53. The number of primary amides is 1. The number of hydrogen-bond acceptors (Lipinski definition) is 10. The van der Waals surface area contributed by atoms with Crippen LogP contribution in [0.1, 0.15) is 23.1 Å². The molecule has 1 aromatic carbocycles. The van der Waals surface area contributed by atoms with Gasteiger partial charge < -0.3 is 31.0 Å². The van der Waals surface area contributed by atoms with Crippen molar-refractivity contribution in [3.05, 3.63) is 45.7 Å². The van der Waals surface area contributed by atoms with E-state index in [9.17, 15) is 34.8 Å². The number of hydrogen-bond donors (Lipinski definition) is 5. The average Bonchev–Trinajstić information content (AvgIpc) is 2.77. The van der Waals surface area contributed by atoms with Gasteiger partial charge in [0, 0.05) is 25.1 Å². The van der Waals surface area contributed by atoms with Crippen LogP contribution in [0.2, 0.25) is 0 Å². The van der Waals surface area contributed by atoms with Gasteiger partial charge in [-0.2, -0.15) is 5.06 Å². The monoisotopic (exact) mass is 523 g/mol. The predicted octanol–water partition coefficient (Wildman–Crippen LogP) is 0.379. The molecule has 0 bridgehead atoms. The maximum Gasteiger partial charge on any atom is 0.255 e. The van der Waals surface area contributed by atoms with E-state index in [4.69, 9.17) is 10.6 Å². The van der Waals surface area contributed by atoms with Gasteiger partial charge in [-0.1, -0.05) is 6.07 Å². The summed E-state index contributed by atoms with van der Waals surface area (Å²) in [5, 5.41) is 45.7. The summed E-state index contributed by atoms with van der Waals surface area (Å²) in [5.74, 6) is -6.68. The lowest BCUT2D eigenvalue weighted by Gasteiger charge is -2.50. The standard InChI is InChI=1S/C24H29N3O8.ClH/c1-26(2)18-13-8-11-7-12-10(9-27(3)35-4)5-6-14(28)16(12)19(29)15(11)21(31)24(13,34)22(32)17(20(18)30)23(25)33;/h5-6,11,13,18,28-29,32,34H,7-9H2,1-4H3,(H2,25,33);1H/t11-,13+,18?,24-;/m0./s1. The molecule has 3 aliphatic carbocycles. The Labute approximate surface area is 213 Å². The summed E-state index contributed by atoms with van der Waals surface area (Å²) in [6, 6.07) is 1.98. The first-order valence-electron chi connectivity index (χ1n) is 11.1. The maximum absolute atomic E-state index is 13.8. The van der Waals surface area contributed by atoms with E-state index in [0.717, 1.165) is 5.56 Å². The number of hydroxylamine groups is 2. The number of amides is 1. The van der Waals surface area contributed by atoms with Crippen molar-refractivity contribution < 1.29 is 39.6 Å². The van der Waals surface area contributed by atoms with E-state index in [1.165, 1.54) is 18.1 Å². The van der Waals surface area contributed by atoms with Crippen LogP contribution >= 0.6 is 12.4 Å². The van der Waals surface area contributed by atoms with Crippen molar-refractivity contribution in [1.29, 1.82) is 0 Å². The molecule has 1 saturated carbocycles. The molecule has 0 aromatic heterocycles. The highest BCUT2D eigenvalue weighted by atomic mass is 35.5. The second kappa shape index (κ2) is 9.49. The Morgan fingerprint density at radius 3 is 2.39 bits per heavy atom. The van der Waals surface area contributed by atoms with Crippen LogP contribution in [-0.2, 0) is 32.2 Å². The van der Waals surface area contributed by atoms with E-state index in [2.05, 4.69) is 0 Å². The zero-order chi connectivity index (χ0) is 26.0. The second-order valence-electron chi connectivity index (χ2n) is 9.53. The van der Waals surface area contributed by atoms with Crippen LogP contribution in [0.3, 0.4) is 0 Å². The number of phenols is 1. The Hall–Kier alpha value is -2.96. The zero-order valence-electron chi connectivity index (χ0n) is 20.3. The summed E-state index contributed by atoms with van der Waals surface area (Å²) < 4.78 is 0. The molecular weight excluding hydrogens is 494 g/mol. The van der Waals surface area contributed by atoms with Gasteiger partial charge in [-0.05, 0) is 50.0 Å². The number of phenolic OH excluding ortho intramolecular Hbond substituents is 1. The van der Waals surface area contributed by atoms with Crippen molar-refractivity contribution in [2.24, 2.45) is 17.6 Å². The van der Waals surface area contributed by atoms with Crippen LogP contribution in [0.5, 0.6) is 5.75 Å². The summed E-state index contributed by atoms with van der Waals surface area (Å²) in [6.07, 6.45) is 0.275. The molecule has 1 unspecified atom stereocenters. The van der Waals surface area contributed by atoms with Crippen LogP contribution in [0.15, 0.2) is 29.0 Å². The Morgan fingerprint density at radius 2 is 1.83 bits per heavy atom. The molecule has 0 aliphatic heterocycles. The lowest BCUT2D eigenvalue weighted by atomic mass is 9.57. The van der Waals surface area contributed by atoms with Crippen molar-refractivity contribution in [2.45, 2.75) is 31.0 Å². The van der Waals surface area contributed by atoms with Gasteiger partial charge in [0.1, 0.15) is 22.8 Å². The summed E-state index contributed by atoms with van der Waals surface area (Å²) in [5.41, 5.74) is 3.09. The molecule has 0 radical (unpaired) electrons. The van der Waals surface area contributed by atoms with E-state index in [1.807, 2.05) is 0 Å². The number of fused-ring (bicyclic) bond motifs is 3. The molecule has 196 valence electrons. The molecule has 12 heteroatoms. The number of likely N-dealkylation sites (N-methyl/N-ethyl adjacent to an activating group) is 1. The van der Waals surface area contributed by atoms with Crippen LogP contribution < -0.4 is 5.73 Å².